The molecule has 9 nitrogen and oxygen atoms in total. The third-order valence-electron chi connectivity index (χ3n) is 10.1. The maximum atomic E-state index is 12.7. The smallest absolute Gasteiger partial charge is 0.756 e. The van der Waals surface area contributed by atoms with Crippen LogP contribution in [0.5, 0.6) is 0 Å². The van der Waals surface area contributed by atoms with Crippen LogP contribution in [0.2, 0.25) is 0 Å². The summed E-state index contributed by atoms with van der Waals surface area (Å²) >= 11 is 0. The largest absolute Gasteiger partial charge is 1.00 e. The van der Waals surface area contributed by atoms with Crippen LogP contribution in [0.25, 0.3) is 0 Å². The summed E-state index contributed by atoms with van der Waals surface area (Å²) in [5.74, 6) is -0.818. The Bertz CT molecular complexity index is 904. The van der Waals surface area contributed by atoms with E-state index in [1.54, 1.807) is 0 Å². The molecule has 0 aromatic carbocycles. The van der Waals surface area contributed by atoms with Crippen molar-refractivity contribution in [2.45, 2.75) is 225 Å². The quantitative estimate of drug-likeness (QED) is 0.0197. The van der Waals surface area contributed by atoms with E-state index in [-0.39, 0.29) is 61.6 Å². The molecule has 0 aliphatic rings. The molecule has 0 aliphatic carbocycles. The molecule has 0 saturated carbocycles. The van der Waals surface area contributed by atoms with E-state index in [0.29, 0.717) is 17.4 Å². The summed E-state index contributed by atoms with van der Waals surface area (Å²) < 4.78 is 33.9. The first-order valence-corrected chi connectivity index (χ1v) is 24.2. The minimum atomic E-state index is -4.62. The predicted octanol–water partition coefficient (Wildman–Crippen LogP) is 9.18. The van der Waals surface area contributed by atoms with Gasteiger partial charge in [0.25, 0.3) is 7.82 Å². The van der Waals surface area contributed by atoms with E-state index < -0.39 is 26.5 Å². The van der Waals surface area contributed by atoms with Crippen molar-refractivity contribution >= 4 is 19.8 Å². The Hall–Kier alpha value is 0.0100. The van der Waals surface area contributed by atoms with Gasteiger partial charge in [-0.3, -0.25) is 14.2 Å². The maximum absolute atomic E-state index is 12.7. The fraction of sp³-hybridized carbons (Fsp3) is 0.955. The number of esters is 2. The summed E-state index contributed by atoms with van der Waals surface area (Å²) in [6.45, 7) is 4.27. The van der Waals surface area contributed by atoms with Crippen molar-refractivity contribution in [2.75, 3.05) is 47.5 Å². The van der Waals surface area contributed by atoms with Gasteiger partial charge >= 0.3 is 41.5 Å². The van der Waals surface area contributed by atoms with Crippen molar-refractivity contribution < 1.29 is 71.6 Å². The first-order valence-electron chi connectivity index (χ1n) is 22.7. The van der Waals surface area contributed by atoms with Gasteiger partial charge in [0.05, 0.1) is 27.7 Å². The normalized spacial score (nSPS) is 13.3. The first kappa shape index (κ1) is 57.1. The molecule has 322 valence electrons. The van der Waals surface area contributed by atoms with Gasteiger partial charge in [-0.15, -0.1) is 0 Å². The summed E-state index contributed by atoms with van der Waals surface area (Å²) in [5, 5.41) is 0. The number of unbranched alkanes of at least 4 members (excludes halogenated alkanes) is 28. The third kappa shape index (κ3) is 45.0. The molecule has 0 saturated heterocycles. The number of likely N-dealkylation sites (N-methyl/N-ethyl adjacent to an activating group) is 1. The van der Waals surface area contributed by atoms with Gasteiger partial charge < -0.3 is 27.9 Å². The molecule has 2 unspecified atom stereocenters. The molecule has 0 radical (unpaired) electrons. The standard InChI is InChI=1S/C44H88NO8P.Na/c1-6-8-10-12-14-16-18-20-22-24-26-28-30-32-34-36-43(46)50-40-42(41-52-54(48,49)51-39-38-45(3,4)5)53-44(47)37-35-33-31-29-27-25-23-21-19-17-15-13-11-9-7-2;/h42H,6-41H2,1-5H3;/q;+1. The molecule has 0 aromatic rings. The maximum Gasteiger partial charge on any atom is 1.00 e. The Morgan fingerprint density at radius 2 is 0.836 bits per heavy atom. The molecule has 0 aromatic heterocycles. The summed E-state index contributed by atoms with van der Waals surface area (Å²) in [6.07, 6.45) is 36.9. The summed E-state index contributed by atoms with van der Waals surface area (Å²) in [6, 6.07) is 0. The zero-order chi connectivity index (χ0) is 40.0. The van der Waals surface area contributed by atoms with Crippen molar-refractivity contribution in [1.82, 2.24) is 0 Å². The van der Waals surface area contributed by atoms with Crippen LogP contribution in [0, 0.1) is 0 Å². The molecule has 55 heavy (non-hydrogen) atoms. The minimum Gasteiger partial charge on any atom is -0.756 e. The topological polar surface area (TPSA) is 111 Å². The fourth-order valence-corrected chi connectivity index (χ4v) is 7.27. The van der Waals surface area contributed by atoms with Crippen LogP contribution in [0.4, 0.5) is 0 Å². The predicted molar refractivity (Wildman–Crippen MR) is 222 cm³/mol. The molecule has 0 N–H and O–H groups in total. The number of nitrogens with zero attached hydrogens (tertiary/aromatic N) is 1. The van der Waals surface area contributed by atoms with E-state index in [2.05, 4.69) is 13.8 Å². The van der Waals surface area contributed by atoms with Crippen molar-refractivity contribution in [3.63, 3.8) is 0 Å². The van der Waals surface area contributed by atoms with Gasteiger partial charge in [-0.1, -0.05) is 194 Å². The Kier molecular flexibility index (Phi) is 42.3. The Morgan fingerprint density at radius 3 is 1.18 bits per heavy atom. The molecular weight excluding hydrogens is 724 g/mol. The summed E-state index contributed by atoms with van der Waals surface area (Å²) in [5.41, 5.74) is 0. The number of rotatable bonds is 42. The van der Waals surface area contributed by atoms with Crippen LogP contribution in [-0.2, 0) is 32.7 Å². The van der Waals surface area contributed by atoms with Gasteiger partial charge in [-0.25, -0.2) is 0 Å². The van der Waals surface area contributed by atoms with E-state index in [1.165, 1.54) is 154 Å². The van der Waals surface area contributed by atoms with Gasteiger partial charge in [0.2, 0.25) is 0 Å². The summed E-state index contributed by atoms with van der Waals surface area (Å²) in [7, 11) is 1.18. The molecule has 0 spiro atoms. The van der Waals surface area contributed by atoms with E-state index in [0.717, 1.165) is 32.1 Å². The summed E-state index contributed by atoms with van der Waals surface area (Å²) in [4.78, 5) is 37.5. The molecular formula is C44H88NNaO8P+. The van der Waals surface area contributed by atoms with Crippen LogP contribution in [0.3, 0.4) is 0 Å². The van der Waals surface area contributed by atoms with E-state index >= 15 is 0 Å². The number of phosphoric ester groups is 1. The number of ether oxygens (including phenoxy) is 2. The number of phosphoric acid groups is 1. The van der Waals surface area contributed by atoms with Gasteiger partial charge in [0.15, 0.2) is 6.10 Å². The monoisotopic (exact) mass is 813 g/mol. The molecule has 0 bridgehead atoms. The van der Waals surface area contributed by atoms with Crippen LogP contribution < -0.4 is 34.5 Å². The number of quaternary nitrogens is 1. The Labute approximate surface area is 362 Å². The molecule has 0 aliphatic heterocycles. The average Bonchev–Trinajstić information content (AvgIpc) is 3.12. The Morgan fingerprint density at radius 1 is 0.509 bits per heavy atom. The van der Waals surface area contributed by atoms with Crippen molar-refractivity contribution in [1.29, 1.82) is 0 Å². The zero-order valence-electron chi connectivity index (χ0n) is 37.2. The van der Waals surface area contributed by atoms with Crippen LogP contribution >= 0.6 is 7.82 Å². The molecule has 0 heterocycles. The first-order chi connectivity index (χ1) is 26.0. The van der Waals surface area contributed by atoms with Gasteiger partial charge in [-0.05, 0) is 12.8 Å². The number of carbonyl (C=O) groups excluding carboxylic acids is 2. The number of hydrogen-bond donors (Lipinski definition) is 0. The molecule has 11 heteroatoms. The van der Waals surface area contributed by atoms with E-state index in [9.17, 15) is 19.0 Å². The molecule has 0 fully saturated rings. The van der Waals surface area contributed by atoms with Crippen LogP contribution in [0.15, 0.2) is 0 Å². The second kappa shape index (κ2) is 40.8. The van der Waals surface area contributed by atoms with Gasteiger partial charge in [0.1, 0.15) is 19.8 Å². The van der Waals surface area contributed by atoms with E-state index in [4.69, 9.17) is 18.5 Å². The Balaban J connectivity index is 0. The molecule has 2 atom stereocenters. The third-order valence-corrected chi connectivity index (χ3v) is 11.1. The molecule has 0 amide bonds. The van der Waals surface area contributed by atoms with Crippen molar-refractivity contribution in [3.05, 3.63) is 0 Å². The van der Waals surface area contributed by atoms with E-state index in [1.807, 2.05) is 21.1 Å². The second-order valence-corrected chi connectivity index (χ2v) is 18.2. The molecule has 0 rings (SSSR count). The van der Waals surface area contributed by atoms with Crippen molar-refractivity contribution in [2.24, 2.45) is 0 Å². The SMILES string of the molecule is CCCCCCCCCCCCCCCCCC(=O)OCC(COP(=O)([O-])OCC[N+](C)(C)C)OC(=O)CCCCCCCCCCCCCCCCC.[Na+]. The number of hydrogen-bond acceptors (Lipinski definition) is 8. The van der Waals surface area contributed by atoms with Gasteiger partial charge in [-0.2, -0.15) is 0 Å². The second-order valence-electron chi connectivity index (χ2n) is 16.8. The minimum absolute atomic E-state index is 0. The fourth-order valence-electron chi connectivity index (χ4n) is 6.54. The zero-order valence-corrected chi connectivity index (χ0v) is 40.1. The number of carbonyl (C=O) groups is 2. The average molecular weight is 813 g/mol. The van der Waals surface area contributed by atoms with Crippen LogP contribution in [0.1, 0.15) is 219 Å². The van der Waals surface area contributed by atoms with Crippen molar-refractivity contribution in [3.8, 4) is 0 Å². The van der Waals surface area contributed by atoms with Crippen LogP contribution in [-0.4, -0.2) is 70.0 Å². The van der Waals surface area contributed by atoms with Gasteiger partial charge in [0, 0.05) is 12.8 Å².